The molecule has 60 valence electrons. The van der Waals surface area contributed by atoms with Gasteiger partial charge in [0.15, 0.2) is 5.78 Å². The van der Waals surface area contributed by atoms with Crippen LogP contribution in [0.15, 0.2) is 4.99 Å². The van der Waals surface area contributed by atoms with Gasteiger partial charge in [-0.1, -0.05) is 0 Å². The van der Waals surface area contributed by atoms with Crippen molar-refractivity contribution in [2.75, 3.05) is 19.8 Å². The highest BCUT2D eigenvalue weighted by Crippen LogP contribution is 2.15. The zero-order valence-electron chi connectivity index (χ0n) is 6.26. The lowest BCUT2D eigenvalue weighted by Gasteiger charge is -2.29. The van der Waals surface area contributed by atoms with Gasteiger partial charge in [0, 0.05) is 6.21 Å². The molecule has 1 saturated heterocycles. The van der Waals surface area contributed by atoms with E-state index in [0.717, 1.165) is 13.0 Å². The summed E-state index contributed by atoms with van der Waals surface area (Å²) in [4.78, 5) is 15.4. The number of hydrogen-bond acceptors (Lipinski definition) is 4. The maximum atomic E-state index is 11.4. The SMILES string of the molecule is O=C1CNCCC12C=NCN2. The standard InChI is InChI=1S/C7H11N3O/c11-6-3-8-2-1-7(6)4-9-5-10-7/h4,8,10H,1-3,5H2. The molecule has 1 unspecified atom stereocenters. The third-order valence-electron chi connectivity index (χ3n) is 2.28. The molecule has 0 amide bonds. The fourth-order valence-electron chi connectivity index (χ4n) is 1.54. The summed E-state index contributed by atoms with van der Waals surface area (Å²) in [5.41, 5.74) is -0.411. The molecule has 2 N–H and O–H groups in total. The van der Waals surface area contributed by atoms with Crippen molar-refractivity contribution < 1.29 is 4.79 Å². The van der Waals surface area contributed by atoms with Gasteiger partial charge in [0.1, 0.15) is 5.54 Å². The number of hydrogen-bond donors (Lipinski definition) is 2. The van der Waals surface area contributed by atoms with E-state index >= 15 is 0 Å². The van der Waals surface area contributed by atoms with E-state index in [1.165, 1.54) is 0 Å². The van der Waals surface area contributed by atoms with Crippen LogP contribution in [0.2, 0.25) is 0 Å². The minimum absolute atomic E-state index is 0.213. The molecule has 2 aliphatic rings. The van der Waals surface area contributed by atoms with Gasteiger partial charge in [-0.15, -0.1) is 0 Å². The molecule has 0 aromatic rings. The van der Waals surface area contributed by atoms with Crippen molar-refractivity contribution in [2.24, 2.45) is 4.99 Å². The number of nitrogens with one attached hydrogen (secondary N) is 2. The summed E-state index contributed by atoms with van der Waals surface area (Å²) in [6.45, 7) is 1.95. The second-order valence-corrected chi connectivity index (χ2v) is 2.97. The molecule has 2 heterocycles. The fourth-order valence-corrected chi connectivity index (χ4v) is 1.54. The van der Waals surface area contributed by atoms with Gasteiger partial charge in [-0.05, 0) is 13.0 Å². The minimum atomic E-state index is -0.411. The Kier molecular flexibility index (Phi) is 1.51. The van der Waals surface area contributed by atoms with Gasteiger partial charge in [0.2, 0.25) is 0 Å². The van der Waals surface area contributed by atoms with Crippen molar-refractivity contribution >= 4 is 12.0 Å². The highest BCUT2D eigenvalue weighted by molar-refractivity contribution is 6.06. The Morgan fingerprint density at radius 3 is 3.18 bits per heavy atom. The fraction of sp³-hybridized carbons (Fsp3) is 0.714. The first-order chi connectivity index (χ1) is 5.33. The van der Waals surface area contributed by atoms with Crippen LogP contribution in [0.25, 0.3) is 0 Å². The molecule has 4 nitrogen and oxygen atoms in total. The number of carbonyl (C=O) groups excluding carboxylic acids is 1. The topological polar surface area (TPSA) is 53.5 Å². The van der Waals surface area contributed by atoms with E-state index in [1.54, 1.807) is 6.21 Å². The average Bonchev–Trinajstić information content (AvgIpc) is 2.46. The molecule has 0 saturated carbocycles. The van der Waals surface area contributed by atoms with E-state index in [1.807, 2.05) is 0 Å². The lowest BCUT2D eigenvalue weighted by atomic mass is 9.89. The van der Waals surface area contributed by atoms with Gasteiger partial charge in [0.25, 0.3) is 0 Å². The van der Waals surface area contributed by atoms with Crippen LogP contribution in [0.5, 0.6) is 0 Å². The Morgan fingerprint density at radius 2 is 2.55 bits per heavy atom. The van der Waals surface area contributed by atoms with Crippen molar-refractivity contribution in [1.29, 1.82) is 0 Å². The molecular weight excluding hydrogens is 142 g/mol. The van der Waals surface area contributed by atoms with Crippen LogP contribution >= 0.6 is 0 Å². The summed E-state index contributed by atoms with van der Waals surface area (Å²) in [6, 6.07) is 0. The first-order valence-corrected chi connectivity index (χ1v) is 3.83. The summed E-state index contributed by atoms with van der Waals surface area (Å²) in [5.74, 6) is 0.213. The second kappa shape index (κ2) is 2.39. The Balaban J connectivity index is 2.21. The lowest BCUT2D eigenvalue weighted by molar-refractivity contribution is -0.123. The second-order valence-electron chi connectivity index (χ2n) is 2.97. The van der Waals surface area contributed by atoms with Gasteiger partial charge in [-0.2, -0.15) is 0 Å². The number of ketones is 1. The molecule has 1 spiro atoms. The van der Waals surface area contributed by atoms with Crippen molar-refractivity contribution in [2.45, 2.75) is 12.0 Å². The average molecular weight is 153 g/mol. The van der Waals surface area contributed by atoms with E-state index in [-0.39, 0.29) is 5.78 Å². The van der Waals surface area contributed by atoms with Gasteiger partial charge >= 0.3 is 0 Å². The molecule has 1 atom stereocenters. The highest BCUT2D eigenvalue weighted by atomic mass is 16.1. The summed E-state index contributed by atoms with van der Waals surface area (Å²) in [5, 5.41) is 6.14. The Hall–Kier alpha value is -0.740. The van der Waals surface area contributed by atoms with Crippen LogP contribution in [0, 0.1) is 0 Å². The van der Waals surface area contributed by atoms with Gasteiger partial charge in [-0.3, -0.25) is 15.1 Å². The number of nitrogens with zero attached hydrogens (tertiary/aromatic N) is 1. The van der Waals surface area contributed by atoms with E-state index in [2.05, 4.69) is 15.6 Å². The highest BCUT2D eigenvalue weighted by Gasteiger charge is 2.39. The van der Waals surface area contributed by atoms with Crippen LogP contribution in [-0.2, 0) is 4.79 Å². The monoisotopic (exact) mass is 153 g/mol. The predicted octanol–water partition coefficient (Wildman–Crippen LogP) is -1.08. The number of carbonyl (C=O) groups is 1. The smallest absolute Gasteiger partial charge is 0.172 e. The normalized spacial score (nSPS) is 36.9. The first-order valence-electron chi connectivity index (χ1n) is 3.83. The quantitative estimate of drug-likeness (QED) is 0.465. The van der Waals surface area contributed by atoms with Crippen LogP contribution in [0.3, 0.4) is 0 Å². The molecule has 0 aromatic heterocycles. The third kappa shape index (κ3) is 0.985. The number of rotatable bonds is 0. The van der Waals surface area contributed by atoms with Crippen molar-refractivity contribution in [3.63, 3.8) is 0 Å². The van der Waals surface area contributed by atoms with E-state index in [0.29, 0.717) is 13.2 Å². The van der Waals surface area contributed by atoms with Crippen LogP contribution in [-0.4, -0.2) is 37.3 Å². The molecule has 0 aromatic carbocycles. The first kappa shape index (κ1) is 6.94. The molecule has 0 bridgehead atoms. The van der Waals surface area contributed by atoms with Gasteiger partial charge in [-0.25, -0.2) is 0 Å². The van der Waals surface area contributed by atoms with Crippen molar-refractivity contribution in [1.82, 2.24) is 10.6 Å². The van der Waals surface area contributed by atoms with Crippen LogP contribution in [0.4, 0.5) is 0 Å². The summed E-state index contributed by atoms with van der Waals surface area (Å²) in [7, 11) is 0. The zero-order chi connectivity index (χ0) is 7.73. The van der Waals surface area contributed by atoms with Gasteiger partial charge in [0.05, 0.1) is 13.2 Å². The maximum absolute atomic E-state index is 11.4. The molecule has 0 aliphatic carbocycles. The van der Waals surface area contributed by atoms with E-state index in [4.69, 9.17) is 0 Å². The number of piperidine rings is 1. The van der Waals surface area contributed by atoms with E-state index in [9.17, 15) is 4.79 Å². The molecule has 1 fully saturated rings. The third-order valence-corrected chi connectivity index (χ3v) is 2.28. The minimum Gasteiger partial charge on any atom is -0.310 e. The number of Topliss-reactive ketones (excluding diaryl/α,β-unsaturated/α-hetero) is 1. The van der Waals surface area contributed by atoms with Crippen LogP contribution in [0.1, 0.15) is 6.42 Å². The molecule has 2 rings (SSSR count). The molecule has 0 radical (unpaired) electrons. The Morgan fingerprint density at radius 1 is 1.64 bits per heavy atom. The van der Waals surface area contributed by atoms with Crippen molar-refractivity contribution in [3.05, 3.63) is 0 Å². The van der Waals surface area contributed by atoms with Crippen molar-refractivity contribution in [3.8, 4) is 0 Å². The summed E-state index contributed by atoms with van der Waals surface area (Å²) >= 11 is 0. The molecule has 4 heteroatoms. The Bertz CT molecular complexity index is 214. The zero-order valence-corrected chi connectivity index (χ0v) is 6.26. The number of aliphatic imine (C=N–C) groups is 1. The maximum Gasteiger partial charge on any atom is 0.172 e. The Labute approximate surface area is 65.1 Å². The van der Waals surface area contributed by atoms with E-state index < -0.39 is 5.54 Å². The predicted molar refractivity (Wildman–Crippen MR) is 41.7 cm³/mol. The molecule has 11 heavy (non-hydrogen) atoms. The van der Waals surface area contributed by atoms with Crippen LogP contribution < -0.4 is 10.6 Å². The largest absolute Gasteiger partial charge is 0.310 e. The van der Waals surface area contributed by atoms with Gasteiger partial charge < -0.3 is 5.32 Å². The lowest BCUT2D eigenvalue weighted by Crippen LogP contribution is -2.58. The summed E-state index contributed by atoms with van der Waals surface area (Å²) in [6.07, 6.45) is 2.59. The summed E-state index contributed by atoms with van der Waals surface area (Å²) < 4.78 is 0. The molecule has 2 aliphatic heterocycles. The molecular formula is C7H11N3O.